The van der Waals surface area contributed by atoms with Crippen LogP contribution in [0.2, 0.25) is 0 Å². The molecule has 0 N–H and O–H groups in total. The number of carbonyl (C=O) groups is 4. The predicted molar refractivity (Wildman–Crippen MR) is 128 cm³/mol. The number of benzene rings is 2. The largest absolute Gasteiger partial charge is 0.493 e. The lowest BCUT2D eigenvalue weighted by Gasteiger charge is -2.23. The van der Waals surface area contributed by atoms with E-state index in [2.05, 4.69) is 0 Å². The number of fused-ring (bicyclic) bond motifs is 1. The van der Waals surface area contributed by atoms with Crippen LogP contribution in [0.25, 0.3) is 0 Å². The van der Waals surface area contributed by atoms with E-state index in [-0.39, 0.29) is 35.2 Å². The summed E-state index contributed by atoms with van der Waals surface area (Å²) in [5, 5.41) is 0. The molecule has 35 heavy (non-hydrogen) atoms. The van der Waals surface area contributed by atoms with Crippen LogP contribution in [0, 0.1) is 0 Å². The van der Waals surface area contributed by atoms with Crippen LogP contribution in [-0.4, -0.2) is 84.8 Å². The fourth-order valence-electron chi connectivity index (χ4n) is 4.52. The molecule has 0 aliphatic carbocycles. The van der Waals surface area contributed by atoms with E-state index in [4.69, 9.17) is 9.47 Å². The highest BCUT2D eigenvalue weighted by atomic mass is 16.5. The molecule has 2 aromatic rings. The molecule has 1 fully saturated rings. The van der Waals surface area contributed by atoms with Gasteiger partial charge in [-0.1, -0.05) is 0 Å². The fraction of sp³-hybridized carbons (Fsp3) is 0.385. The topological polar surface area (TPSA) is 96.5 Å². The van der Waals surface area contributed by atoms with Crippen LogP contribution in [0.1, 0.15) is 61.7 Å². The molecule has 184 valence electrons. The molecule has 0 spiro atoms. The molecule has 2 aliphatic heterocycles. The van der Waals surface area contributed by atoms with Gasteiger partial charge in [0.2, 0.25) is 0 Å². The molecule has 9 heteroatoms. The van der Waals surface area contributed by atoms with E-state index < -0.39 is 0 Å². The van der Waals surface area contributed by atoms with Gasteiger partial charge >= 0.3 is 0 Å². The summed E-state index contributed by atoms with van der Waals surface area (Å²) in [4.78, 5) is 56.2. The van der Waals surface area contributed by atoms with Crippen LogP contribution in [0.3, 0.4) is 0 Å². The molecule has 0 radical (unpaired) electrons. The number of rotatable bonds is 5. The third-order valence-electron chi connectivity index (χ3n) is 6.38. The van der Waals surface area contributed by atoms with Crippen molar-refractivity contribution in [2.45, 2.75) is 26.3 Å². The van der Waals surface area contributed by atoms with E-state index in [1.54, 1.807) is 54.0 Å². The molecule has 2 heterocycles. The summed E-state index contributed by atoms with van der Waals surface area (Å²) in [6, 6.07) is 9.43. The van der Waals surface area contributed by atoms with E-state index in [1.807, 2.05) is 0 Å². The van der Waals surface area contributed by atoms with E-state index >= 15 is 0 Å². The van der Waals surface area contributed by atoms with Gasteiger partial charge in [-0.25, -0.2) is 0 Å². The smallest absolute Gasteiger partial charge is 0.261 e. The second-order valence-electron chi connectivity index (χ2n) is 8.84. The lowest BCUT2D eigenvalue weighted by molar-refractivity contribution is 0.0608. The van der Waals surface area contributed by atoms with Crippen molar-refractivity contribution in [3.05, 3.63) is 58.7 Å². The zero-order chi connectivity index (χ0) is 25.3. The van der Waals surface area contributed by atoms with Crippen molar-refractivity contribution in [1.29, 1.82) is 0 Å². The molecule has 0 unspecified atom stereocenters. The third kappa shape index (κ3) is 4.45. The molecule has 4 amide bonds. The zero-order valence-electron chi connectivity index (χ0n) is 20.4. The maximum atomic E-state index is 13.2. The first-order chi connectivity index (χ1) is 16.8. The van der Waals surface area contributed by atoms with Gasteiger partial charge in [-0.05, 0) is 56.7 Å². The summed E-state index contributed by atoms with van der Waals surface area (Å²) >= 11 is 0. The van der Waals surface area contributed by atoms with Crippen LogP contribution in [-0.2, 0) is 0 Å². The maximum Gasteiger partial charge on any atom is 0.261 e. The summed E-state index contributed by atoms with van der Waals surface area (Å²) < 4.78 is 10.5. The molecular weight excluding hydrogens is 450 g/mol. The van der Waals surface area contributed by atoms with Crippen LogP contribution in [0.5, 0.6) is 11.5 Å². The van der Waals surface area contributed by atoms with Crippen molar-refractivity contribution in [2.75, 3.05) is 40.4 Å². The summed E-state index contributed by atoms with van der Waals surface area (Å²) in [6.07, 6.45) is 0.619. The Bertz CT molecular complexity index is 1190. The number of hydrogen-bond donors (Lipinski definition) is 0. The Morgan fingerprint density at radius 2 is 1.29 bits per heavy atom. The Kier molecular flexibility index (Phi) is 6.77. The monoisotopic (exact) mass is 479 g/mol. The molecule has 0 bridgehead atoms. The predicted octanol–water partition coefficient (Wildman–Crippen LogP) is 2.70. The zero-order valence-corrected chi connectivity index (χ0v) is 20.4. The quantitative estimate of drug-likeness (QED) is 0.612. The highest BCUT2D eigenvalue weighted by Gasteiger charge is 2.37. The van der Waals surface area contributed by atoms with Gasteiger partial charge in [0, 0.05) is 43.3 Å². The second kappa shape index (κ2) is 9.77. The molecule has 0 atom stereocenters. The lowest BCUT2D eigenvalue weighted by atomic mass is 10.0. The van der Waals surface area contributed by atoms with E-state index in [0.717, 1.165) is 0 Å². The summed E-state index contributed by atoms with van der Waals surface area (Å²) in [6.45, 7) is 5.29. The average Bonchev–Trinajstić information content (AvgIpc) is 3.01. The fourth-order valence-corrected chi connectivity index (χ4v) is 4.52. The average molecular weight is 480 g/mol. The summed E-state index contributed by atoms with van der Waals surface area (Å²) in [7, 11) is 3.05. The molecule has 0 aromatic heterocycles. The number of methoxy groups -OCH3 is 2. The minimum absolute atomic E-state index is 0.143. The van der Waals surface area contributed by atoms with E-state index in [0.29, 0.717) is 60.8 Å². The SMILES string of the molecule is COc1ccc(C(=O)N2CCCN(C(=O)c3ccc4c(c3)C(=O)N(C(C)C)C4=O)CC2)cc1OC. The van der Waals surface area contributed by atoms with Crippen LogP contribution < -0.4 is 9.47 Å². The Balaban J connectivity index is 1.47. The third-order valence-corrected chi connectivity index (χ3v) is 6.38. The van der Waals surface area contributed by atoms with Crippen molar-refractivity contribution in [3.63, 3.8) is 0 Å². The number of nitrogens with zero attached hydrogens (tertiary/aromatic N) is 3. The number of ether oxygens (including phenoxy) is 2. The molecular formula is C26H29N3O6. The highest BCUT2D eigenvalue weighted by molar-refractivity contribution is 6.22. The van der Waals surface area contributed by atoms with Gasteiger partial charge in [0.15, 0.2) is 11.5 Å². The van der Waals surface area contributed by atoms with E-state index in [9.17, 15) is 19.2 Å². The molecule has 2 aliphatic rings. The van der Waals surface area contributed by atoms with Gasteiger partial charge < -0.3 is 19.3 Å². The minimum Gasteiger partial charge on any atom is -0.493 e. The number of hydrogen-bond acceptors (Lipinski definition) is 6. The molecule has 4 rings (SSSR count). The number of amides is 4. The van der Waals surface area contributed by atoms with Gasteiger partial charge in [0.25, 0.3) is 23.6 Å². The maximum absolute atomic E-state index is 13.2. The molecule has 0 saturated carbocycles. The molecule has 2 aromatic carbocycles. The van der Waals surface area contributed by atoms with Crippen LogP contribution in [0.4, 0.5) is 0 Å². The Labute approximate surface area is 204 Å². The van der Waals surface area contributed by atoms with E-state index in [1.165, 1.54) is 25.2 Å². The summed E-state index contributed by atoms with van der Waals surface area (Å²) in [5.41, 5.74) is 1.42. The van der Waals surface area contributed by atoms with Crippen LogP contribution in [0.15, 0.2) is 36.4 Å². The first kappa shape index (κ1) is 24.3. The first-order valence-electron chi connectivity index (χ1n) is 11.6. The van der Waals surface area contributed by atoms with Gasteiger partial charge in [0.1, 0.15) is 0 Å². The molecule has 1 saturated heterocycles. The Hall–Kier alpha value is -3.88. The Morgan fingerprint density at radius 3 is 1.86 bits per heavy atom. The lowest BCUT2D eigenvalue weighted by Crippen LogP contribution is -2.37. The molecule has 9 nitrogen and oxygen atoms in total. The first-order valence-corrected chi connectivity index (χ1v) is 11.6. The Morgan fingerprint density at radius 1 is 0.743 bits per heavy atom. The van der Waals surface area contributed by atoms with Crippen molar-refractivity contribution in [3.8, 4) is 11.5 Å². The number of carbonyl (C=O) groups excluding carboxylic acids is 4. The van der Waals surface area contributed by atoms with Crippen molar-refractivity contribution in [1.82, 2.24) is 14.7 Å². The van der Waals surface area contributed by atoms with Gasteiger partial charge in [-0.15, -0.1) is 0 Å². The van der Waals surface area contributed by atoms with Crippen molar-refractivity contribution >= 4 is 23.6 Å². The number of imide groups is 1. The van der Waals surface area contributed by atoms with Gasteiger partial charge in [-0.3, -0.25) is 24.1 Å². The standard InChI is InChI=1S/C26H29N3O6/c1-16(2)29-25(32)19-8-6-17(14-20(19)26(29)33)23(30)27-10-5-11-28(13-12-27)24(31)18-7-9-21(34-3)22(15-18)35-4/h6-9,14-16H,5,10-13H2,1-4H3. The normalized spacial score (nSPS) is 15.9. The van der Waals surface area contributed by atoms with Gasteiger partial charge in [0.05, 0.1) is 25.3 Å². The minimum atomic E-state index is -0.378. The second-order valence-corrected chi connectivity index (χ2v) is 8.84. The van der Waals surface area contributed by atoms with Crippen molar-refractivity contribution in [2.24, 2.45) is 0 Å². The van der Waals surface area contributed by atoms with Gasteiger partial charge in [-0.2, -0.15) is 0 Å². The highest BCUT2D eigenvalue weighted by Crippen LogP contribution is 2.29. The van der Waals surface area contributed by atoms with Crippen LogP contribution >= 0.6 is 0 Å². The van der Waals surface area contributed by atoms with Crippen molar-refractivity contribution < 1.29 is 28.7 Å². The summed E-state index contributed by atoms with van der Waals surface area (Å²) in [5.74, 6) is -0.0594.